The van der Waals surface area contributed by atoms with Gasteiger partial charge in [0, 0.05) is 25.0 Å². The Kier molecular flexibility index (Phi) is 4.59. The lowest BCUT2D eigenvalue weighted by molar-refractivity contribution is 0.0992. The van der Waals surface area contributed by atoms with Gasteiger partial charge in [-0.25, -0.2) is 0 Å². The van der Waals surface area contributed by atoms with Gasteiger partial charge in [0.25, 0.3) is 5.91 Å². The first-order chi connectivity index (χ1) is 10.0. The fraction of sp³-hybridized carbons (Fsp3) is 0.333. The topological polar surface area (TPSA) is 84.4 Å². The number of aryl methyl sites for hydroxylation is 1. The molecule has 0 unspecified atom stereocenters. The molecule has 0 radical (unpaired) electrons. The summed E-state index contributed by atoms with van der Waals surface area (Å²) in [5.41, 5.74) is 7.61. The fourth-order valence-electron chi connectivity index (χ4n) is 2.10. The van der Waals surface area contributed by atoms with Gasteiger partial charge in [0.05, 0.1) is 11.8 Å². The molecule has 0 aliphatic carbocycles. The van der Waals surface area contributed by atoms with Gasteiger partial charge in [0.2, 0.25) is 0 Å². The molecule has 2 aromatic rings. The number of amides is 1. The molecule has 2 rings (SSSR count). The molecular formula is C15H20N4O2. The van der Waals surface area contributed by atoms with Crippen LogP contribution in [0, 0.1) is 6.92 Å². The molecule has 21 heavy (non-hydrogen) atoms. The molecule has 0 spiro atoms. The Morgan fingerprint density at radius 3 is 2.67 bits per heavy atom. The molecule has 6 heteroatoms. The molecule has 112 valence electrons. The summed E-state index contributed by atoms with van der Waals surface area (Å²) >= 11 is 0. The van der Waals surface area contributed by atoms with E-state index in [0.717, 1.165) is 12.1 Å². The molecule has 1 aromatic heterocycles. The van der Waals surface area contributed by atoms with Gasteiger partial charge in [-0.15, -0.1) is 0 Å². The van der Waals surface area contributed by atoms with Gasteiger partial charge in [-0.1, -0.05) is 0 Å². The van der Waals surface area contributed by atoms with E-state index in [2.05, 4.69) is 5.10 Å². The lowest BCUT2D eigenvalue weighted by atomic mass is 10.2. The molecule has 0 saturated carbocycles. The largest absolute Gasteiger partial charge is 0.508 e. The van der Waals surface area contributed by atoms with Crippen LogP contribution in [0.5, 0.6) is 5.75 Å². The van der Waals surface area contributed by atoms with E-state index in [1.165, 1.54) is 4.90 Å². The molecule has 1 heterocycles. The predicted octanol–water partition coefficient (Wildman–Crippen LogP) is 1.52. The summed E-state index contributed by atoms with van der Waals surface area (Å²) in [6.07, 6.45) is 2.41. The fourth-order valence-corrected chi connectivity index (χ4v) is 2.10. The molecule has 0 aliphatic heterocycles. The quantitative estimate of drug-likeness (QED) is 0.873. The van der Waals surface area contributed by atoms with E-state index in [-0.39, 0.29) is 11.7 Å². The average Bonchev–Trinajstić information content (AvgIpc) is 2.85. The summed E-state index contributed by atoms with van der Waals surface area (Å²) in [4.78, 5) is 14.1. The zero-order valence-corrected chi connectivity index (χ0v) is 12.3. The monoisotopic (exact) mass is 288 g/mol. The lowest BCUT2D eigenvalue weighted by Gasteiger charge is -2.17. The van der Waals surface area contributed by atoms with Crippen LogP contribution < -0.4 is 10.6 Å². The summed E-state index contributed by atoms with van der Waals surface area (Å²) in [7, 11) is 1.70. The Balaban J connectivity index is 2.19. The van der Waals surface area contributed by atoms with E-state index in [9.17, 15) is 9.90 Å². The van der Waals surface area contributed by atoms with Crippen molar-refractivity contribution >= 4 is 11.6 Å². The summed E-state index contributed by atoms with van der Waals surface area (Å²) in [5, 5.41) is 13.5. The van der Waals surface area contributed by atoms with E-state index in [4.69, 9.17) is 5.73 Å². The van der Waals surface area contributed by atoms with Gasteiger partial charge in [-0.2, -0.15) is 5.10 Å². The minimum absolute atomic E-state index is 0.128. The Labute approximate surface area is 123 Å². The second-order valence-electron chi connectivity index (χ2n) is 4.89. The third-order valence-corrected chi connectivity index (χ3v) is 3.45. The van der Waals surface area contributed by atoms with Crippen LogP contribution in [0.4, 0.5) is 5.69 Å². The van der Waals surface area contributed by atoms with Crippen molar-refractivity contribution in [3.8, 4) is 5.75 Å². The number of anilines is 1. The Morgan fingerprint density at radius 1 is 1.38 bits per heavy atom. The highest BCUT2D eigenvalue weighted by atomic mass is 16.3. The smallest absolute Gasteiger partial charge is 0.261 e. The SMILES string of the molecule is Cc1c(C(=O)N(C)c2ccc(O)cc2)cnn1CCCN. The minimum Gasteiger partial charge on any atom is -0.508 e. The number of rotatable bonds is 5. The number of benzene rings is 1. The molecular weight excluding hydrogens is 268 g/mol. The normalized spacial score (nSPS) is 10.6. The van der Waals surface area contributed by atoms with Crippen molar-refractivity contribution in [1.29, 1.82) is 0 Å². The number of hydrogen-bond donors (Lipinski definition) is 2. The highest BCUT2D eigenvalue weighted by Crippen LogP contribution is 2.20. The first-order valence-electron chi connectivity index (χ1n) is 6.84. The number of nitrogens with zero attached hydrogens (tertiary/aromatic N) is 3. The molecule has 0 saturated heterocycles. The maximum Gasteiger partial charge on any atom is 0.261 e. The van der Waals surface area contributed by atoms with Gasteiger partial charge >= 0.3 is 0 Å². The van der Waals surface area contributed by atoms with Crippen LogP contribution >= 0.6 is 0 Å². The second kappa shape index (κ2) is 6.41. The molecule has 1 amide bonds. The molecule has 0 fully saturated rings. The van der Waals surface area contributed by atoms with E-state index in [1.807, 2.05) is 6.92 Å². The van der Waals surface area contributed by atoms with Crippen LogP contribution in [0.25, 0.3) is 0 Å². The molecule has 0 aliphatic rings. The van der Waals surface area contributed by atoms with E-state index >= 15 is 0 Å². The predicted molar refractivity (Wildman–Crippen MR) is 81.5 cm³/mol. The van der Waals surface area contributed by atoms with Crippen molar-refractivity contribution in [1.82, 2.24) is 9.78 Å². The second-order valence-corrected chi connectivity index (χ2v) is 4.89. The molecule has 0 atom stereocenters. The third-order valence-electron chi connectivity index (χ3n) is 3.45. The highest BCUT2D eigenvalue weighted by molar-refractivity contribution is 6.06. The van der Waals surface area contributed by atoms with Crippen LogP contribution in [0.15, 0.2) is 30.5 Å². The number of nitrogens with two attached hydrogens (primary N) is 1. The lowest BCUT2D eigenvalue weighted by Crippen LogP contribution is -2.26. The number of phenolic OH excluding ortho intramolecular Hbond substituents is 1. The van der Waals surface area contributed by atoms with Gasteiger partial charge < -0.3 is 15.7 Å². The van der Waals surface area contributed by atoms with Gasteiger partial charge in [-0.05, 0) is 44.2 Å². The molecule has 3 N–H and O–H groups in total. The van der Waals surface area contributed by atoms with E-state index < -0.39 is 0 Å². The maximum atomic E-state index is 12.5. The Bertz CT molecular complexity index is 619. The number of carbonyl (C=O) groups is 1. The van der Waals surface area contributed by atoms with Crippen molar-refractivity contribution in [3.63, 3.8) is 0 Å². The summed E-state index contributed by atoms with van der Waals surface area (Å²) in [6, 6.07) is 6.50. The van der Waals surface area contributed by atoms with Crippen molar-refractivity contribution in [2.75, 3.05) is 18.5 Å². The van der Waals surface area contributed by atoms with Crippen LogP contribution in [0.3, 0.4) is 0 Å². The van der Waals surface area contributed by atoms with Crippen molar-refractivity contribution in [2.24, 2.45) is 5.73 Å². The highest BCUT2D eigenvalue weighted by Gasteiger charge is 2.19. The Morgan fingerprint density at radius 2 is 2.05 bits per heavy atom. The van der Waals surface area contributed by atoms with E-state index in [0.29, 0.717) is 24.3 Å². The number of phenols is 1. The van der Waals surface area contributed by atoms with Gasteiger partial charge in [0.1, 0.15) is 5.75 Å². The van der Waals surface area contributed by atoms with Crippen molar-refractivity contribution in [3.05, 3.63) is 41.7 Å². The van der Waals surface area contributed by atoms with Crippen LogP contribution in [0.1, 0.15) is 22.5 Å². The van der Waals surface area contributed by atoms with Crippen LogP contribution in [-0.4, -0.2) is 34.4 Å². The molecule has 6 nitrogen and oxygen atoms in total. The number of aromatic hydroxyl groups is 1. The van der Waals surface area contributed by atoms with Gasteiger partial charge in [-0.3, -0.25) is 9.48 Å². The number of aromatic nitrogens is 2. The Hall–Kier alpha value is -2.34. The van der Waals surface area contributed by atoms with Gasteiger partial charge in [0.15, 0.2) is 0 Å². The zero-order valence-electron chi connectivity index (χ0n) is 12.3. The number of carbonyl (C=O) groups excluding carboxylic acids is 1. The maximum absolute atomic E-state index is 12.5. The minimum atomic E-state index is -0.128. The third kappa shape index (κ3) is 3.22. The summed E-state index contributed by atoms with van der Waals surface area (Å²) in [6.45, 7) is 3.18. The first kappa shape index (κ1) is 15.1. The first-order valence-corrected chi connectivity index (χ1v) is 6.84. The van der Waals surface area contributed by atoms with E-state index in [1.54, 1.807) is 42.2 Å². The summed E-state index contributed by atoms with van der Waals surface area (Å²) < 4.78 is 1.80. The standard InChI is InChI=1S/C15H20N4O2/c1-11-14(10-17-19(11)9-3-8-16)15(21)18(2)12-4-6-13(20)7-5-12/h4-7,10,20H,3,8-9,16H2,1-2H3. The molecule has 1 aromatic carbocycles. The van der Waals surface area contributed by atoms with Crippen molar-refractivity contribution in [2.45, 2.75) is 19.9 Å². The molecule has 0 bridgehead atoms. The van der Waals surface area contributed by atoms with Crippen LogP contribution in [-0.2, 0) is 6.54 Å². The van der Waals surface area contributed by atoms with Crippen molar-refractivity contribution < 1.29 is 9.90 Å². The number of hydrogen-bond acceptors (Lipinski definition) is 4. The average molecular weight is 288 g/mol. The summed E-state index contributed by atoms with van der Waals surface area (Å²) in [5.74, 6) is 0.0440. The van der Waals surface area contributed by atoms with Crippen LogP contribution in [0.2, 0.25) is 0 Å². The zero-order chi connectivity index (χ0) is 15.4.